The van der Waals surface area contributed by atoms with Gasteiger partial charge in [0.05, 0.1) is 13.6 Å². The monoisotopic (exact) mass is 650 g/mol. The summed E-state index contributed by atoms with van der Waals surface area (Å²) in [5.41, 5.74) is 16.5. The van der Waals surface area contributed by atoms with Gasteiger partial charge in [-0.2, -0.15) is 4.91 Å². The summed E-state index contributed by atoms with van der Waals surface area (Å²) in [6.07, 6.45) is -4.39. The van der Waals surface area contributed by atoms with Crippen LogP contribution in [0.2, 0.25) is 0 Å². The maximum atomic E-state index is 12.8. The second-order valence-corrected chi connectivity index (χ2v) is 9.15. The molecule has 1 saturated heterocycles. The van der Waals surface area contributed by atoms with Gasteiger partial charge in [0.2, 0.25) is 42.0 Å². The van der Waals surface area contributed by atoms with E-state index in [1.165, 1.54) is 7.05 Å². The molecule has 0 aromatic rings. The van der Waals surface area contributed by atoms with Gasteiger partial charge >= 0.3 is 0 Å². The second kappa shape index (κ2) is 24.0. The fourth-order valence-corrected chi connectivity index (χ4v) is 3.51. The van der Waals surface area contributed by atoms with Gasteiger partial charge in [-0.05, 0) is 45.3 Å². The number of carbonyl (C=O) groups is 7. The van der Waals surface area contributed by atoms with Crippen molar-refractivity contribution in [3.05, 3.63) is 4.91 Å². The van der Waals surface area contributed by atoms with Crippen LogP contribution in [0.4, 0.5) is 0 Å². The number of hydrogen-bond donors (Lipinski definition) is 13. The van der Waals surface area contributed by atoms with Gasteiger partial charge in [0.15, 0.2) is 0 Å². The average molecular weight is 651 g/mol. The summed E-state index contributed by atoms with van der Waals surface area (Å²) in [4.78, 5) is 95.5. The standard InChI is InChI=1S/C22H40N10O9.CH3NO.H3N/c23-6-3-11-16(35)27-10-15(34)31-22(41)21(40)30-12(4-7-24)17(36)29-13(5-8-25)18(37)32-20(39)19(38)26-9-1-2-14(33)28-11;1-2-3;/h11-13,20,22,39,41H,1-10,23-25H2,(H,26,38)(H,27,35)(H,28,33)(H,29,36)(H,30,40)(H,31,34)(H,32,37);1H3;1H3. The van der Waals surface area contributed by atoms with Gasteiger partial charge in [-0.15, -0.1) is 0 Å². The summed E-state index contributed by atoms with van der Waals surface area (Å²) in [6.45, 7) is -0.896. The van der Waals surface area contributed by atoms with E-state index < -0.39 is 78.5 Å². The van der Waals surface area contributed by atoms with Crippen LogP contribution < -0.4 is 60.6 Å². The Morgan fingerprint density at radius 1 is 0.644 bits per heavy atom. The molecule has 0 bridgehead atoms. The van der Waals surface area contributed by atoms with Crippen LogP contribution in [0.15, 0.2) is 5.18 Å². The largest absolute Gasteiger partial charge is 0.365 e. The summed E-state index contributed by atoms with van der Waals surface area (Å²) < 4.78 is 0. The predicted molar refractivity (Wildman–Crippen MR) is 157 cm³/mol. The summed E-state index contributed by atoms with van der Waals surface area (Å²) in [5.74, 6) is -6.34. The molecule has 0 aromatic carbocycles. The molecule has 0 aromatic heterocycles. The maximum Gasteiger partial charge on any atom is 0.270 e. The number of carbonyl (C=O) groups excluding carboxylic acids is 7. The lowest BCUT2D eigenvalue weighted by Crippen LogP contribution is -2.59. The fourth-order valence-electron chi connectivity index (χ4n) is 3.51. The highest BCUT2D eigenvalue weighted by molar-refractivity contribution is 5.95. The molecule has 1 aliphatic rings. The Hall–Kier alpha value is -4.35. The SMILES string of the molecule is CN=O.N.NCCC1NC(=O)CCCNC(=O)C(O)NC(=O)C(CCN)NC(=O)C(CCN)NC(=O)C(O)NC(=O)CNC1=O. The third-order valence-electron chi connectivity index (χ3n) is 5.66. The first kappa shape index (κ1) is 42.8. The number of nitrogens with one attached hydrogen (secondary N) is 7. The van der Waals surface area contributed by atoms with Crippen molar-refractivity contribution in [2.45, 2.75) is 62.7 Å². The molecule has 258 valence electrons. The third kappa shape index (κ3) is 17.5. The van der Waals surface area contributed by atoms with Crippen molar-refractivity contribution in [1.29, 1.82) is 0 Å². The van der Waals surface area contributed by atoms with Gasteiger partial charge in [0.25, 0.3) is 11.8 Å². The van der Waals surface area contributed by atoms with E-state index in [0.717, 1.165) is 0 Å². The molecule has 22 nitrogen and oxygen atoms in total. The highest BCUT2D eigenvalue weighted by Gasteiger charge is 2.30. The molecular formula is C23H46N12O10. The Labute approximate surface area is 258 Å². The van der Waals surface area contributed by atoms with E-state index in [2.05, 4.69) is 31.8 Å². The van der Waals surface area contributed by atoms with Gasteiger partial charge in [-0.25, -0.2) is 0 Å². The summed E-state index contributed by atoms with van der Waals surface area (Å²) in [5, 5.41) is 38.0. The molecule has 5 atom stereocenters. The third-order valence-corrected chi connectivity index (χ3v) is 5.66. The van der Waals surface area contributed by atoms with Crippen molar-refractivity contribution in [2.24, 2.45) is 22.4 Å². The molecular weight excluding hydrogens is 604 g/mol. The summed E-state index contributed by atoms with van der Waals surface area (Å²) in [7, 11) is 1.19. The zero-order valence-corrected chi connectivity index (χ0v) is 25.0. The van der Waals surface area contributed by atoms with Gasteiger partial charge in [-0.1, -0.05) is 5.18 Å². The van der Waals surface area contributed by atoms with E-state index in [-0.39, 0.29) is 64.4 Å². The van der Waals surface area contributed by atoms with Crippen molar-refractivity contribution in [2.75, 3.05) is 39.8 Å². The minimum absolute atomic E-state index is 0. The van der Waals surface area contributed by atoms with E-state index in [0.29, 0.717) is 0 Å². The average Bonchev–Trinajstić information content (AvgIpc) is 2.96. The maximum absolute atomic E-state index is 12.8. The van der Waals surface area contributed by atoms with Crippen LogP contribution in [0.1, 0.15) is 32.1 Å². The summed E-state index contributed by atoms with van der Waals surface area (Å²) in [6, 6.07) is -3.78. The van der Waals surface area contributed by atoms with Gasteiger partial charge in [0.1, 0.15) is 18.1 Å². The van der Waals surface area contributed by atoms with E-state index in [1.54, 1.807) is 0 Å². The Balaban J connectivity index is 0. The lowest BCUT2D eigenvalue weighted by Gasteiger charge is -2.24. The molecule has 1 fully saturated rings. The van der Waals surface area contributed by atoms with Crippen molar-refractivity contribution in [3.8, 4) is 0 Å². The van der Waals surface area contributed by atoms with Crippen LogP contribution in [-0.4, -0.2) is 122 Å². The molecule has 45 heavy (non-hydrogen) atoms. The van der Waals surface area contributed by atoms with Gasteiger partial charge in [-0.3, -0.25) is 33.6 Å². The first-order valence-electron chi connectivity index (χ1n) is 13.6. The van der Waals surface area contributed by atoms with Crippen LogP contribution in [0, 0.1) is 4.91 Å². The molecule has 22 heteroatoms. The van der Waals surface area contributed by atoms with Crippen molar-refractivity contribution in [3.63, 3.8) is 0 Å². The first-order chi connectivity index (χ1) is 20.8. The van der Waals surface area contributed by atoms with Crippen LogP contribution in [0.25, 0.3) is 0 Å². The van der Waals surface area contributed by atoms with Gasteiger partial charge in [0, 0.05) is 13.0 Å². The molecule has 1 aliphatic heterocycles. The Morgan fingerprint density at radius 2 is 1.09 bits per heavy atom. The van der Waals surface area contributed by atoms with Crippen LogP contribution in [0.5, 0.6) is 0 Å². The number of aliphatic hydroxyl groups is 2. The van der Waals surface area contributed by atoms with Crippen molar-refractivity contribution in [1.82, 2.24) is 43.4 Å². The smallest absolute Gasteiger partial charge is 0.270 e. The second-order valence-electron chi connectivity index (χ2n) is 9.15. The minimum Gasteiger partial charge on any atom is -0.365 e. The number of nitrogens with two attached hydrogens (primary N) is 3. The van der Waals surface area contributed by atoms with Crippen LogP contribution in [-0.2, 0) is 33.6 Å². The molecule has 18 N–H and O–H groups in total. The number of amides is 7. The highest BCUT2D eigenvalue weighted by atomic mass is 16.3. The number of nitrogens with zero attached hydrogens (tertiary/aromatic N) is 1. The molecule has 5 unspecified atom stereocenters. The molecule has 1 rings (SSSR count). The lowest BCUT2D eigenvalue weighted by molar-refractivity contribution is -0.140. The quantitative estimate of drug-likeness (QED) is 0.119. The van der Waals surface area contributed by atoms with E-state index >= 15 is 0 Å². The first-order valence-corrected chi connectivity index (χ1v) is 13.6. The molecule has 0 radical (unpaired) electrons. The Bertz CT molecular complexity index is 1000. The minimum atomic E-state index is -2.13. The molecule has 1 heterocycles. The molecule has 0 spiro atoms. The van der Waals surface area contributed by atoms with Crippen LogP contribution >= 0.6 is 0 Å². The predicted octanol–water partition coefficient (Wildman–Crippen LogP) is -7.07. The molecule has 7 amide bonds. The fraction of sp³-hybridized carbons (Fsp3) is 0.696. The van der Waals surface area contributed by atoms with E-state index in [9.17, 15) is 43.8 Å². The normalized spacial score (nSPS) is 24.8. The number of rotatable bonds is 6. The van der Waals surface area contributed by atoms with Crippen molar-refractivity contribution < 1.29 is 43.8 Å². The summed E-state index contributed by atoms with van der Waals surface area (Å²) >= 11 is 0. The molecule has 0 saturated carbocycles. The molecule has 0 aliphatic carbocycles. The van der Waals surface area contributed by atoms with Gasteiger partial charge < -0.3 is 70.8 Å². The Morgan fingerprint density at radius 3 is 1.60 bits per heavy atom. The van der Waals surface area contributed by atoms with Crippen LogP contribution in [0.3, 0.4) is 0 Å². The van der Waals surface area contributed by atoms with Crippen molar-refractivity contribution >= 4 is 41.4 Å². The lowest BCUT2D eigenvalue weighted by atomic mass is 10.1. The number of nitroso groups, excluding NO2 is 1. The van der Waals surface area contributed by atoms with E-state index in [4.69, 9.17) is 22.1 Å². The zero-order valence-electron chi connectivity index (χ0n) is 25.0. The number of hydrogen-bond acceptors (Lipinski definition) is 15. The number of aliphatic hydroxyl groups excluding tert-OH is 2. The highest BCUT2D eigenvalue weighted by Crippen LogP contribution is 1.99. The Kier molecular flexibility index (Phi) is 22.8. The topological polar surface area (TPSA) is 387 Å². The zero-order chi connectivity index (χ0) is 33.7. The van der Waals surface area contributed by atoms with E-state index in [1.807, 2.05) is 10.6 Å².